The van der Waals surface area contributed by atoms with Gasteiger partial charge < -0.3 is 0 Å². The largest absolute Gasteiger partial charge is 0.247 e. The van der Waals surface area contributed by atoms with E-state index >= 15 is 0 Å². The zero-order chi connectivity index (χ0) is 24.3. The molecule has 2 heteroatoms. The fourth-order valence-electron chi connectivity index (χ4n) is 7.27. The second-order valence-corrected chi connectivity index (χ2v) is 13.0. The van der Waals surface area contributed by atoms with Crippen LogP contribution in [-0.2, 0) is 5.41 Å². The van der Waals surface area contributed by atoms with Crippen LogP contribution < -0.4 is 0 Å². The fraction of sp³-hybridized carbons (Fsp3) is 0.265. The predicted octanol–water partition coefficient (Wildman–Crippen LogP) is 10.2. The number of benzene rings is 5. The Labute approximate surface area is 220 Å². The first-order chi connectivity index (χ1) is 17.4. The summed E-state index contributed by atoms with van der Waals surface area (Å²) in [4.78, 5) is 5.51. The number of aromatic nitrogens is 1. The molecule has 36 heavy (non-hydrogen) atoms. The van der Waals surface area contributed by atoms with E-state index in [-0.39, 0.29) is 5.41 Å². The van der Waals surface area contributed by atoms with Crippen LogP contribution in [0.25, 0.3) is 54.5 Å². The van der Waals surface area contributed by atoms with Crippen molar-refractivity contribution in [3.63, 3.8) is 0 Å². The molecule has 8 rings (SSSR count). The van der Waals surface area contributed by atoms with Gasteiger partial charge in [-0.1, -0.05) is 85.2 Å². The minimum Gasteiger partial charge on any atom is -0.247 e. The third-order valence-electron chi connectivity index (χ3n) is 8.98. The zero-order valence-electron chi connectivity index (χ0n) is 21.0. The van der Waals surface area contributed by atoms with Crippen LogP contribution in [0.5, 0.6) is 0 Å². The van der Waals surface area contributed by atoms with Crippen molar-refractivity contribution in [3.05, 3.63) is 87.9 Å². The Balaban J connectivity index is 1.52. The summed E-state index contributed by atoms with van der Waals surface area (Å²) in [5, 5.41) is 9.46. The Morgan fingerprint density at radius 3 is 2.06 bits per heavy atom. The van der Waals surface area contributed by atoms with Gasteiger partial charge in [0.05, 0.1) is 11.2 Å². The van der Waals surface area contributed by atoms with E-state index in [2.05, 4.69) is 103 Å². The Morgan fingerprint density at radius 2 is 1.36 bits per heavy atom. The molecule has 0 aliphatic heterocycles. The molecule has 2 aliphatic rings. The molecule has 2 atom stereocenters. The number of nitrogens with zero attached hydrogens (tertiary/aromatic N) is 1. The van der Waals surface area contributed by atoms with E-state index in [4.69, 9.17) is 4.98 Å². The molecule has 0 amide bonds. The Kier molecular flexibility index (Phi) is 4.16. The van der Waals surface area contributed by atoms with Gasteiger partial charge in [0.2, 0.25) is 0 Å². The van der Waals surface area contributed by atoms with Crippen LogP contribution in [0.15, 0.2) is 71.2 Å². The van der Waals surface area contributed by atoms with E-state index in [0.717, 1.165) is 4.47 Å². The second kappa shape index (κ2) is 7.07. The SMILES string of the molecule is CC(C)(C)c1cc2ccc3cc4c5c(c(-c6ccc(Br)cc6)nc4c4ccc(c1)c2c34)C1CCC5C1. The maximum atomic E-state index is 5.51. The van der Waals surface area contributed by atoms with Gasteiger partial charge in [0.1, 0.15) is 0 Å². The summed E-state index contributed by atoms with van der Waals surface area (Å²) in [6, 6.07) is 25.4. The van der Waals surface area contributed by atoms with Crippen molar-refractivity contribution in [1.29, 1.82) is 0 Å². The fourth-order valence-corrected chi connectivity index (χ4v) is 7.53. The van der Waals surface area contributed by atoms with Crippen molar-refractivity contribution >= 4 is 59.2 Å². The Morgan fingerprint density at radius 1 is 0.722 bits per heavy atom. The van der Waals surface area contributed by atoms with Crippen molar-refractivity contribution in [2.45, 2.75) is 57.3 Å². The summed E-state index contributed by atoms with van der Waals surface area (Å²) in [7, 11) is 0. The minimum absolute atomic E-state index is 0.123. The summed E-state index contributed by atoms with van der Waals surface area (Å²) >= 11 is 3.62. The van der Waals surface area contributed by atoms with E-state index in [9.17, 15) is 0 Å². The van der Waals surface area contributed by atoms with E-state index in [0.29, 0.717) is 11.8 Å². The van der Waals surface area contributed by atoms with Crippen molar-refractivity contribution < 1.29 is 0 Å². The molecule has 1 aromatic heterocycles. The maximum absolute atomic E-state index is 5.51. The molecule has 5 aromatic carbocycles. The topological polar surface area (TPSA) is 12.9 Å². The van der Waals surface area contributed by atoms with Crippen molar-refractivity contribution in [2.24, 2.45) is 0 Å². The van der Waals surface area contributed by atoms with Gasteiger partial charge in [0.15, 0.2) is 0 Å². The molecular formula is C34H28BrN. The standard InChI is InChI=1S/C34H28BrN/c1-34(2,3)24-15-21-6-7-23-17-27-30-19-4-5-20(14-19)31(30)32(18-8-11-25(35)12-9-18)36-33(27)26-13-10-22(16-24)28(21)29(23)26/h6-13,15-17,19-20H,4-5,14H2,1-3H3. The number of pyridine rings is 1. The highest BCUT2D eigenvalue weighted by molar-refractivity contribution is 9.10. The average molecular weight is 531 g/mol. The van der Waals surface area contributed by atoms with Gasteiger partial charge in [0, 0.05) is 20.8 Å². The third-order valence-corrected chi connectivity index (χ3v) is 9.51. The smallest absolute Gasteiger partial charge is 0.0791 e. The van der Waals surface area contributed by atoms with Crippen LogP contribution in [0.3, 0.4) is 0 Å². The number of halogens is 1. The Hall–Kier alpha value is -2.97. The normalized spacial score (nSPS) is 19.3. The first kappa shape index (κ1) is 21.1. The van der Waals surface area contributed by atoms with E-state index in [1.54, 1.807) is 5.56 Å². The second-order valence-electron chi connectivity index (χ2n) is 12.1. The lowest BCUT2D eigenvalue weighted by Crippen LogP contribution is -2.10. The molecule has 1 heterocycles. The molecule has 1 nitrogen and oxygen atoms in total. The van der Waals surface area contributed by atoms with E-state index in [1.165, 1.54) is 84.9 Å². The van der Waals surface area contributed by atoms with Gasteiger partial charge >= 0.3 is 0 Å². The number of fused-ring (bicyclic) bond motifs is 8. The highest BCUT2D eigenvalue weighted by Crippen LogP contribution is 2.58. The molecule has 1 fully saturated rings. The molecule has 2 aliphatic carbocycles. The zero-order valence-corrected chi connectivity index (χ0v) is 22.5. The average Bonchev–Trinajstić information content (AvgIpc) is 3.49. The van der Waals surface area contributed by atoms with Gasteiger partial charge in [-0.3, -0.25) is 0 Å². The van der Waals surface area contributed by atoms with Crippen LogP contribution >= 0.6 is 15.9 Å². The molecular weight excluding hydrogens is 502 g/mol. The molecule has 0 spiro atoms. The van der Waals surface area contributed by atoms with Gasteiger partial charge in [-0.25, -0.2) is 4.98 Å². The number of hydrogen-bond acceptors (Lipinski definition) is 1. The van der Waals surface area contributed by atoms with Crippen molar-refractivity contribution in [3.8, 4) is 11.3 Å². The molecule has 6 aromatic rings. The first-order valence-corrected chi connectivity index (χ1v) is 14.0. The summed E-state index contributed by atoms with van der Waals surface area (Å²) in [5.41, 5.74) is 8.27. The van der Waals surface area contributed by atoms with Crippen molar-refractivity contribution in [2.75, 3.05) is 0 Å². The quantitative estimate of drug-likeness (QED) is 0.152. The summed E-state index contributed by atoms with van der Waals surface area (Å²) in [6.07, 6.45) is 3.91. The van der Waals surface area contributed by atoms with Gasteiger partial charge in [-0.05, 0) is 98.3 Å². The van der Waals surface area contributed by atoms with Gasteiger partial charge in [0.25, 0.3) is 0 Å². The summed E-state index contributed by atoms with van der Waals surface area (Å²) < 4.78 is 1.11. The maximum Gasteiger partial charge on any atom is 0.0791 e. The first-order valence-electron chi connectivity index (χ1n) is 13.2. The molecule has 0 radical (unpaired) electrons. The van der Waals surface area contributed by atoms with E-state index in [1.807, 2.05) is 0 Å². The van der Waals surface area contributed by atoms with Gasteiger partial charge in [-0.2, -0.15) is 0 Å². The van der Waals surface area contributed by atoms with Gasteiger partial charge in [-0.15, -0.1) is 0 Å². The molecule has 2 bridgehead atoms. The summed E-state index contributed by atoms with van der Waals surface area (Å²) in [6.45, 7) is 6.90. The molecule has 0 saturated heterocycles. The van der Waals surface area contributed by atoms with Crippen LogP contribution in [-0.4, -0.2) is 4.98 Å². The molecule has 1 saturated carbocycles. The molecule has 2 unspecified atom stereocenters. The van der Waals surface area contributed by atoms with Crippen LogP contribution in [0.1, 0.15) is 68.6 Å². The molecule has 0 N–H and O–H groups in total. The van der Waals surface area contributed by atoms with Crippen LogP contribution in [0.4, 0.5) is 0 Å². The van der Waals surface area contributed by atoms with Crippen molar-refractivity contribution in [1.82, 2.24) is 4.98 Å². The summed E-state index contributed by atoms with van der Waals surface area (Å²) in [5.74, 6) is 1.33. The van der Waals surface area contributed by atoms with E-state index < -0.39 is 0 Å². The highest BCUT2D eigenvalue weighted by Gasteiger charge is 2.41. The highest BCUT2D eigenvalue weighted by atomic mass is 79.9. The Bertz CT molecular complexity index is 1840. The van der Waals surface area contributed by atoms with Crippen LogP contribution in [0.2, 0.25) is 0 Å². The number of rotatable bonds is 1. The lowest BCUT2D eigenvalue weighted by molar-refractivity contribution is 0.591. The monoisotopic (exact) mass is 529 g/mol. The molecule has 176 valence electrons. The third kappa shape index (κ3) is 2.80. The minimum atomic E-state index is 0.123. The lowest BCUT2D eigenvalue weighted by atomic mass is 9.82. The predicted molar refractivity (Wildman–Crippen MR) is 157 cm³/mol. The number of hydrogen-bond donors (Lipinski definition) is 0. The van der Waals surface area contributed by atoms with Crippen LogP contribution in [0, 0.1) is 0 Å². The lowest BCUT2D eigenvalue weighted by Gasteiger charge is -2.24.